The van der Waals surface area contributed by atoms with Crippen molar-refractivity contribution in [3.63, 3.8) is 0 Å². The molecule has 0 saturated heterocycles. The van der Waals surface area contributed by atoms with Crippen molar-refractivity contribution in [3.05, 3.63) is 24.0 Å². The molecule has 0 aromatic carbocycles. The Bertz CT molecular complexity index is 384. The van der Waals surface area contributed by atoms with Crippen molar-refractivity contribution in [2.45, 2.75) is 84.0 Å². The summed E-state index contributed by atoms with van der Waals surface area (Å²) in [7, 11) is 0. The maximum atomic E-state index is 10.5. The first-order valence-corrected chi connectivity index (χ1v) is 9.40. The molecule has 0 aromatic heterocycles. The summed E-state index contributed by atoms with van der Waals surface area (Å²) in [5, 5.41) is 18.5. The number of carboxylic acids is 1. The summed E-state index contributed by atoms with van der Waals surface area (Å²) >= 11 is 0. The van der Waals surface area contributed by atoms with E-state index in [0.29, 0.717) is 30.4 Å². The van der Waals surface area contributed by atoms with Gasteiger partial charge in [0.15, 0.2) is 0 Å². The molecule has 2 N–H and O–H groups in total. The minimum Gasteiger partial charge on any atom is -0.513 e. The molecular weight excluding hydrogens is 288 g/mol. The lowest BCUT2D eigenvalue weighted by Crippen LogP contribution is -2.04. The van der Waals surface area contributed by atoms with Gasteiger partial charge in [-0.3, -0.25) is 4.79 Å². The maximum absolute atomic E-state index is 10.5. The summed E-state index contributed by atoms with van der Waals surface area (Å²) in [6.07, 6.45) is 19.0. The number of aliphatic hydroxyl groups excluding tert-OH is 1. The second-order valence-electron chi connectivity index (χ2n) is 6.81. The van der Waals surface area contributed by atoms with Crippen LogP contribution >= 0.6 is 0 Å². The Morgan fingerprint density at radius 3 is 2.65 bits per heavy atom. The summed E-state index contributed by atoms with van der Waals surface area (Å²) in [6.45, 7) is 2.24. The predicted octanol–water partition coefficient (Wildman–Crippen LogP) is 6.02. The molecule has 1 saturated carbocycles. The van der Waals surface area contributed by atoms with Crippen LogP contribution in [0.25, 0.3) is 0 Å². The van der Waals surface area contributed by atoms with Crippen LogP contribution in [-0.4, -0.2) is 16.2 Å². The monoisotopic (exact) mass is 322 g/mol. The van der Waals surface area contributed by atoms with E-state index in [0.717, 1.165) is 6.42 Å². The fourth-order valence-corrected chi connectivity index (χ4v) is 3.38. The molecule has 1 aliphatic carbocycles. The number of aliphatic hydroxyl groups is 1. The molecule has 23 heavy (non-hydrogen) atoms. The summed E-state index contributed by atoms with van der Waals surface area (Å²) < 4.78 is 0. The number of rotatable bonds is 12. The van der Waals surface area contributed by atoms with E-state index in [-0.39, 0.29) is 6.42 Å². The summed E-state index contributed by atoms with van der Waals surface area (Å²) in [5.74, 6) is 0.867. The summed E-state index contributed by atoms with van der Waals surface area (Å²) in [6, 6.07) is 0. The topological polar surface area (TPSA) is 57.5 Å². The zero-order valence-electron chi connectivity index (χ0n) is 14.7. The van der Waals surface area contributed by atoms with Crippen LogP contribution in [0.1, 0.15) is 84.0 Å². The van der Waals surface area contributed by atoms with Gasteiger partial charge >= 0.3 is 5.97 Å². The second-order valence-corrected chi connectivity index (χ2v) is 6.81. The van der Waals surface area contributed by atoms with Crippen molar-refractivity contribution in [1.82, 2.24) is 0 Å². The van der Waals surface area contributed by atoms with Crippen LogP contribution in [0.2, 0.25) is 0 Å². The van der Waals surface area contributed by atoms with Gasteiger partial charge in [-0.2, -0.15) is 0 Å². The minimum absolute atomic E-state index is 0.130. The average molecular weight is 322 g/mol. The molecule has 0 bridgehead atoms. The number of unbranched alkanes of at least 4 members (excludes halogenated alkanes) is 4. The SMILES string of the molecule is CCCCCCC=C[C@H]1CCC[C@@H]1CC=C(O)CCCC(=O)O. The van der Waals surface area contributed by atoms with E-state index in [4.69, 9.17) is 5.11 Å². The molecule has 1 rings (SSSR count). The van der Waals surface area contributed by atoms with E-state index in [1.807, 2.05) is 6.08 Å². The largest absolute Gasteiger partial charge is 0.513 e. The van der Waals surface area contributed by atoms with Gasteiger partial charge in [0.05, 0.1) is 5.76 Å². The number of hydrogen-bond donors (Lipinski definition) is 2. The molecular formula is C20H34O3. The van der Waals surface area contributed by atoms with Gasteiger partial charge in [0.1, 0.15) is 0 Å². The Morgan fingerprint density at radius 1 is 1.09 bits per heavy atom. The number of carbonyl (C=O) groups is 1. The van der Waals surface area contributed by atoms with E-state index in [2.05, 4.69) is 19.1 Å². The molecule has 0 unspecified atom stereocenters. The van der Waals surface area contributed by atoms with Gasteiger partial charge in [-0.25, -0.2) is 0 Å². The first-order chi connectivity index (χ1) is 11.1. The lowest BCUT2D eigenvalue weighted by atomic mass is 9.91. The molecule has 0 heterocycles. The van der Waals surface area contributed by atoms with E-state index < -0.39 is 5.97 Å². The molecule has 3 heteroatoms. The van der Waals surface area contributed by atoms with Crippen LogP contribution in [0.15, 0.2) is 24.0 Å². The van der Waals surface area contributed by atoms with Crippen LogP contribution in [0.3, 0.4) is 0 Å². The van der Waals surface area contributed by atoms with Gasteiger partial charge in [0, 0.05) is 12.8 Å². The van der Waals surface area contributed by atoms with E-state index in [1.165, 1.54) is 51.4 Å². The van der Waals surface area contributed by atoms with E-state index in [1.54, 1.807) is 0 Å². The molecule has 2 atom stereocenters. The molecule has 0 aromatic rings. The normalized spacial score (nSPS) is 22.0. The van der Waals surface area contributed by atoms with Gasteiger partial charge in [0.25, 0.3) is 0 Å². The Hall–Kier alpha value is -1.25. The van der Waals surface area contributed by atoms with Crippen molar-refractivity contribution >= 4 is 5.97 Å². The standard InChI is InChI=1S/C20H34O3/c1-2-3-4-5-6-7-10-17-11-8-12-18(17)15-16-19(21)13-9-14-20(22)23/h7,10,16-18,21H,2-6,8-9,11-15H2,1H3,(H,22,23)/t17-,18+/m0/s1. The maximum Gasteiger partial charge on any atom is 0.303 e. The Balaban J connectivity index is 2.26. The molecule has 0 spiro atoms. The highest BCUT2D eigenvalue weighted by Crippen LogP contribution is 2.35. The molecule has 1 fully saturated rings. The lowest BCUT2D eigenvalue weighted by Gasteiger charge is -2.14. The number of allylic oxidation sites excluding steroid dienone is 4. The molecule has 1 aliphatic rings. The highest BCUT2D eigenvalue weighted by Gasteiger charge is 2.24. The number of carboxylic acid groups (broad SMARTS) is 1. The van der Waals surface area contributed by atoms with Crippen molar-refractivity contribution in [2.24, 2.45) is 11.8 Å². The van der Waals surface area contributed by atoms with E-state index >= 15 is 0 Å². The van der Waals surface area contributed by atoms with Crippen LogP contribution in [-0.2, 0) is 4.79 Å². The third-order valence-corrected chi connectivity index (χ3v) is 4.81. The van der Waals surface area contributed by atoms with Crippen LogP contribution < -0.4 is 0 Å². The first kappa shape index (κ1) is 19.8. The van der Waals surface area contributed by atoms with Gasteiger partial charge in [-0.05, 0) is 56.4 Å². The molecule has 0 aliphatic heterocycles. The highest BCUT2D eigenvalue weighted by molar-refractivity contribution is 5.66. The Labute approximate surface area is 141 Å². The number of hydrogen-bond acceptors (Lipinski definition) is 2. The van der Waals surface area contributed by atoms with Crippen molar-refractivity contribution in [3.8, 4) is 0 Å². The number of aliphatic carboxylic acids is 1. The minimum atomic E-state index is -0.794. The van der Waals surface area contributed by atoms with Gasteiger partial charge < -0.3 is 10.2 Å². The zero-order chi connectivity index (χ0) is 16.9. The third-order valence-electron chi connectivity index (χ3n) is 4.81. The quantitative estimate of drug-likeness (QED) is 0.262. The van der Waals surface area contributed by atoms with Crippen LogP contribution in [0, 0.1) is 11.8 Å². The van der Waals surface area contributed by atoms with Gasteiger partial charge in [-0.1, -0.05) is 44.8 Å². The van der Waals surface area contributed by atoms with Crippen molar-refractivity contribution < 1.29 is 15.0 Å². The average Bonchev–Trinajstić information content (AvgIpc) is 2.96. The summed E-state index contributed by atoms with van der Waals surface area (Å²) in [5.41, 5.74) is 0. The van der Waals surface area contributed by atoms with Crippen molar-refractivity contribution in [2.75, 3.05) is 0 Å². The first-order valence-electron chi connectivity index (χ1n) is 9.40. The second kappa shape index (κ2) is 12.2. The highest BCUT2D eigenvalue weighted by atomic mass is 16.4. The Kier molecular flexibility index (Phi) is 10.5. The van der Waals surface area contributed by atoms with Gasteiger partial charge in [0.2, 0.25) is 0 Å². The third kappa shape index (κ3) is 9.47. The Morgan fingerprint density at radius 2 is 1.91 bits per heavy atom. The molecule has 0 radical (unpaired) electrons. The van der Waals surface area contributed by atoms with E-state index in [9.17, 15) is 9.90 Å². The lowest BCUT2D eigenvalue weighted by molar-refractivity contribution is -0.137. The van der Waals surface area contributed by atoms with Crippen molar-refractivity contribution in [1.29, 1.82) is 0 Å². The van der Waals surface area contributed by atoms with Crippen LogP contribution in [0.5, 0.6) is 0 Å². The zero-order valence-corrected chi connectivity index (χ0v) is 14.7. The van der Waals surface area contributed by atoms with Gasteiger partial charge in [-0.15, -0.1) is 0 Å². The summed E-state index contributed by atoms with van der Waals surface area (Å²) in [4.78, 5) is 10.5. The molecule has 132 valence electrons. The fraction of sp³-hybridized carbons (Fsp3) is 0.750. The molecule has 3 nitrogen and oxygen atoms in total. The predicted molar refractivity (Wildman–Crippen MR) is 95.5 cm³/mol. The molecule has 0 amide bonds. The van der Waals surface area contributed by atoms with Crippen LogP contribution in [0.4, 0.5) is 0 Å². The fourth-order valence-electron chi connectivity index (χ4n) is 3.38. The smallest absolute Gasteiger partial charge is 0.303 e.